The number of fused-ring (bicyclic) bond motifs is 1. The van der Waals surface area contributed by atoms with E-state index >= 15 is 0 Å². The molecule has 1 aromatic rings. The Morgan fingerprint density at radius 2 is 2.29 bits per heavy atom. The maximum absolute atomic E-state index is 13.0. The predicted octanol–water partition coefficient (Wildman–Crippen LogP) is 3.35. The monoisotopic (exact) mass is 193 g/mol. The Hall–Kier alpha value is -1.05. The Balaban J connectivity index is 2.33. The summed E-state index contributed by atoms with van der Waals surface area (Å²) in [6.07, 6.45) is 3.25. The lowest BCUT2D eigenvalue weighted by Crippen LogP contribution is -2.37. The summed E-state index contributed by atoms with van der Waals surface area (Å²) in [4.78, 5) is 0. The quantitative estimate of drug-likeness (QED) is 0.721. The molecule has 0 saturated carbocycles. The molecule has 0 aliphatic carbocycles. The normalized spacial score (nSPS) is 25.4. The van der Waals surface area contributed by atoms with Crippen molar-refractivity contribution >= 4 is 5.69 Å². The molecule has 1 unspecified atom stereocenters. The lowest BCUT2D eigenvalue weighted by Gasteiger charge is -2.36. The van der Waals surface area contributed by atoms with E-state index in [2.05, 4.69) is 19.2 Å². The number of hydrogen-bond acceptors (Lipinski definition) is 1. The first-order valence-electron chi connectivity index (χ1n) is 5.19. The van der Waals surface area contributed by atoms with Crippen LogP contribution in [0.2, 0.25) is 0 Å². The third-order valence-electron chi connectivity index (χ3n) is 3.23. The van der Waals surface area contributed by atoms with E-state index in [4.69, 9.17) is 0 Å². The van der Waals surface area contributed by atoms with Gasteiger partial charge in [-0.1, -0.05) is 13.0 Å². The van der Waals surface area contributed by atoms with Gasteiger partial charge < -0.3 is 5.32 Å². The first-order chi connectivity index (χ1) is 6.63. The molecule has 2 heteroatoms. The molecular weight excluding hydrogens is 177 g/mol. The van der Waals surface area contributed by atoms with Crippen LogP contribution in [-0.2, 0) is 6.42 Å². The highest BCUT2D eigenvalue weighted by atomic mass is 19.1. The van der Waals surface area contributed by atoms with Gasteiger partial charge in [0, 0.05) is 11.2 Å². The summed E-state index contributed by atoms with van der Waals surface area (Å²) < 4.78 is 13.0. The Bertz CT molecular complexity index is 348. The maximum Gasteiger partial charge on any atom is 0.125 e. The van der Waals surface area contributed by atoms with Crippen LogP contribution in [0.1, 0.15) is 32.3 Å². The molecule has 2 rings (SSSR count). The van der Waals surface area contributed by atoms with Crippen LogP contribution in [0, 0.1) is 5.82 Å². The van der Waals surface area contributed by atoms with Gasteiger partial charge >= 0.3 is 0 Å². The molecule has 0 amide bonds. The molecule has 1 aliphatic rings. The molecule has 1 N–H and O–H groups in total. The number of hydrogen-bond donors (Lipinski definition) is 1. The predicted molar refractivity (Wildman–Crippen MR) is 57.0 cm³/mol. The van der Waals surface area contributed by atoms with E-state index in [9.17, 15) is 4.39 Å². The van der Waals surface area contributed by atoms with Crippen LogP contribution in [0.25, 0.3) is 0 Å². The van der Waals surface area contributed by atoms with Gasteiger partial charge in [0.25, 0.3) is 0 Å². The second-order valence-electron chi connectivity index (χ2n) is 4.34. The van der Waals surface area contributed by atoms with E-state index in [0.29, 0.717) is 0 Å². The molecule has 76 valence electrons. The molecule has 0 bridgehead atoms. The molecule has 1 heterocycles. The fraction of sp³-hybridized carbons (Fsp3) is 0.500. The van der Waals surface area contributed by atoms with Crippen molar-refractivity contribution < 1.29 is 4.39 Å². The zero-order chi connectivity index (χ0) is 10.2. The first kappa shape index (κ1) is 9.50. The average Bonchev–Trinajstić information content (AvgIpc) is 2.17. The molecule has 0 aromatic heterocycles. The molecular formula is C12H16FN. The molecule has 1 nitrogen and oxygen atoms in total. The van der Waals surface area contributed by atoms with Crippen molar-refractivity contribution in [2.75, 3.05) is 5.32 Å². The van der Waals surface area contributed by atoms with Gasteiger partial charge in [-0.2, -0.15) is 0 Å². The van der Waals surface area contributed by atoms with Crippen molar-refractivity contribution in [3.05, 3.63) is 29.6 Å². The highest BCUT2D eigenvalue weighted by Gasteiger charge is 2.26. The Labute approximate surface area is 84.3 Å². The zero-order valence-electron chi connectivity index (χ0n) is 8.73. The topological polar surface area (TPSA) is 12.0 Å². The van der Waals surface area contributed by atoms with Crippen molar-refractivity contribution in [1.29, 1.82) is 0 Å². The van der Waals surface area contributed by atoms with Crippen molar-refractivity contribution in [3.63, 3.8) is 0 Å². The third kappa shape index (κ3) is 1.61. The number of halogens is 1. The van der Waals surface area contributed by atoms with E-state index in [1.165, 1.54) is 11.6 Å². The minimum absolute atomic E-state index is 0.140. The molecule has 0 saturated heterocycles. The van der Waals surface area contributed by atoms with E-state index < -0.39 is 0 Å². The first-order valence-corrected chi connectivity index (χ1v) is 5.19. The van der Waals surface area contributed by atoms with E-state index in [1.807, 2.05) is 6.07 Å². The van der Waals surface area contributed by atoms with Crippen molar-refractivity contribution in [2.45, 2.75) is 38.6 Å². The Kier molecular flexibility index (Phi) is 2.22. The summed E-state index contributed by atoms with van der Waals surface area (Å²) in [5.74, 6) is -0.156. The van der Waals surface area contributed by atoms with Gasteiger partial charge in [0.05, 0.1) is 0 Å². The van der Waals surface area contributed by atoms with E-state index in [-0.39, 0.29) is 11.4 Å². The lowest BCUT2D eigenvalue weighted by atomic mass is 9.86. The summed E-state index contributed by atoms with van der Waals surface area (Å²) >= 11 is 0. The third-order valence-corrected chi connectivity index (χ3v) is 3.23. The largest absolute Gasteiger partial charge is 0.380 e. The second-order valence-corrected chi connectivity index (χ2v) is 4.34. The lowest BCUT2D eigenvalue weighted by molar-refractivity contribution is 0.443. The van der Waals surface area contributed by atoms with Crippen LogP contribution in [0.15, 0.2) is 18.2 Å². The van der Waals surface area contributed by atoms with Crippen molar-refractivity contribution in [3.8, 4) is 0 Å². The highest BCUT2D eigenvalue weighted by molar-refractivity contribution is 5.55. The fourth-order valence-electron chi connectivity index (χ4n) is 1.95. The summed E-state index contributed by atoms with van der Waals surface area (Å²) in [5.41, 5.74) is 2.35. The average molecular weight is 193 g/mol. The highest BCUT2D eigenvalue weighted by Crippen LogP contribution is 2.32. The molecule has 0 spiro atoms. The minimum Gasteiger partial charge on any atom is -0.380 e. The Morgan fingerprint density at radius 3 is 3.00 bits per heavy atom. The summed E-state index contributed by atoms with van der Waals surface area (Å²) in [6, 6.07) is 5.02. The van der Waals surface area contributed by atoms with Crippen LogP contribution in [0.3, 0.4) is 0 Å². The van der Waals surface area contributed by atoms with Crippen LogP contribution in [0.4, 0.5) is 10.1 Å². The van der Waals surface area contributed by atoms with Crippen LogP contribution in [-0.4, -0.2) is 5.54 Å². The van der Waals surface area contributed by atoms with Crippen LogP contribution >= 0.6 is 0 Å². The van der Waals surface area contributed by atoms with Gasteiger partial charge in [-0.25, -0.2) is 4.39 Å². The zero-order valence-corrected chi connectivity index (χ0v) is 8.73. The molecule has 0 radical (unpaired) electrons. The molecule has 1 atom stereocenters. The molecule has 0 fully saturated rings. The van der Waals surface area contributed by atoms with Gasteiger partial charge in [0.15, 0.2) is 0 Å². The summed E-state index contributed by atoms with van der Waals surface area (Å²) in [7, 11) is 0. The molecule has 1 aliphatic heterocycles. The number of rotatable bonds is 1. The van der Waals surface area contributed by atoms with Crippen LogP contribution < -0.4 is 5.32 Å². The van der Waals surface area contributed by atoms with E-state index in [0.717, 1.165) is 24.9 Å². The molecule has 1 aromatic carbocycles. The van der Waals surface area contributed by atoms with Crippen molar-refractivity contribution in [2.24, 2.45) is 0 Å². The van der Waals surface area contributed by atoms with E-state index in [1.54, 1.807) is 6.07 Å². The standard InChI is InChI=1S/C12H16FN/c1-3-12(2)7-6-9-4-5-10(13)8-11(9)14-12/h4-5,8,14H,3,6-7H2,1-2H3. The Morgan fingerprint density at radius 1 is 1.50 bits per heavy atom. The number of aryl methyl sites for hydroxylation is 1. The van der Waals surface area contributed by atoms with Gasteiger partial charge in [0.2, 0.25) is 0 Å². The van der Waals surface area contributed by atoms with Crippen LogP contribution in [0.5, 0.6) is 0 Å². The maximum atomic E-state index is 13.0. The van der Waals surface area contributed by atoms with Gasteiger partial charge in [-0.05, 0) is 43.9 Å². The van der Waals surface area contributed by atoms with Gasteiger partial charge in [-0.15, -0.1) is 0 Å². The number of nitrogens with one attached hydrogen (secondary N) is 1. The summed E-state index contributed by atoms with van der Waals surface area (Å²) in [5, 5.41) is 3.42. The summed E-state index contributed by atoms with van der Waals surface area (Å²) in [6.45, 7) is 4.36. The number of anilines is 1. The SMILES string of the molecule is CCC1(C)CCc2ccc(F)cc2N1. The minimum atomic E-state index is -0.156. The van der Waals surface area contributed by atoms with Gasteiger partial charge in [-0.3, -0.25) is 0 Å². The van der Waals surface area contributed by atoms with Crippen molar-refractivity contribution in [1.82, 2.24) is 0 Å². The fourth-order valence-corrected chi connectivity index (χ4v) is 1.95. The smallest absolute Gasteiger partial charge is 0.125 e. The molecule has 14 heavy (non-hydrogen) atoms. The number of benzene rings is 1. The second kappa shape index (κ2) is 3.26. The van der Waals surface area contributed by atoms with Gasteiger partial charge in [0.1, 0.15) is 5.82 Å².